The first kappa shape index (κ1) is 15.8. The zero-order valence-corrected chi connectivity index (χ0v) is 13.1. The van der Waals surface area contributed by atoms with Crippen LogP contribution >= 0.6 is 0 Å². The molecule has 0 spiro atoms. The third-order valence-electron chi connectivity index (χ3n) is 3.21. The molecule has 2 N–H and O–H groups in total. The summed E-state index contributed by atoms with van der Waals surface area (Å²) < 4.78 is 0. The van der Waals surface area contributed by atoms with Gasteiger partial charge in [-0.15, -0.1) is 0 Å². The van der Waals surface area contributed by atoms with E-state index in [0.29, 0.717) is 12.1 Å². The Morgan fingerprint density at radius 2 is 1.55 bits per heavy atom. The van der Waals surface area contributed by atoms with Crippen LogP contribution in [0.4, 0.5) is 5.69 Å². The SMILES string of the molecule is CC(=O)Nc1ccc(CNC(=O)c2cc(C)cc(C)c2)cc1. The Morgan fingerprint density at radius 1 is 0.955 bits per heavy atom. The third-order valence-corrected chi connectivity index (χ3v) is 3.21. The highest BCUT2D eigenvalue weighted by Crippen LogP contribution is 2.11. The van der Waals surface area contributed by atoms with Gasteiger partial charge >= 0.3 is 0 Å². The van der Waals surface area contributed by atoms with Crippen molar-refractivity contribution in [2.45, 2.75) is 27.3 Å². The maximum absolute atomic E-state index is 12.2. The molecular weight excluding hydrogens is 276 g/mol. The molecule has 2 amide bonds. The molecule has 4 heteroatoms. The normalized spacial score (nSPS) is 10.1. The summed E-state index contributed by atoms with van der Waals surface area (Å²) in [6.45, 7) is 5.87. The maximum Gasteiger partial charge on any atom is 0.251 e. The van der Waals surface area contributed by atoms with Gasteiger partial charge in [-0.1, -0.05) is 29.3 Å². The minimum Gasteiger partial charge on any atom is -0.348 e. The summed E-state index contributed by atoms with van der Waals surface area (Å²) in [5.74, 6) is -0.186. The molecule has 22 heavy (non-hydrogen) atoms. The summed E-state index contributed by atoms with van der Waals surface area (Å²) in [6.07, 6.45) is 0. The molecule has 0 aliphatic heterocycles. The monoisotopic (exact) mass is 296 g/mol. The van der Waals surface area contributed by atoms with E-state index < -0.39 is 0 Å². The standard InChI is InChI=1S/C18H20N2O2/c1-12-8-13(2)10-16(9-12)18(22)19-11-15-4-6-17(7-5-15)20-14(3)21/h4-10H,11H2,1-3H3,(H,19,22)(H,20,21). The van der Waals surface area contributed by atoms with Crippen molar-refractivity contribution in [3.63, 3.8) is 0 Å². The predicted octanol–water partition coefficient (Wildman–Crippen LogP) is 3.19. The number of rotatable bonds is 4. The number of nitrogens with one attached hydrogen (secondary N) is 2. The number of anilines is 1. The van der Waals surface area contributed by atoms with E-state index in [4.69, 9.17) is 0 Å². The molecule has 0 bridgehead atoms. The van der Waals surface area contributed by atoms with Gasteiger partial charge < -0.3 is 10.6 Å². The lowest BCUT2D eigenvalue weighted by Gasteiger charge is -2.08. The Hall–Kier alpha value is -2.62. The van der Waals surface area contributed by atoms with Gasteiger partial charge in [-0.05, 0) is 43.7 Å². The summed E-state index contributed by atoms with van der Waals surface area (Å²) >= 11 is 0. The zero-order valence-electron chi connectivity index (χ0n) is 13.1. The van der Waals surface area contributed by atoms with Crippen molar-refractivity contribution in [3.8, 4) is 0 Å². The third kappa shape index (κ3) is 4.45. The van der Waals surface area contributed by atoms with E-state index in [1.54, 1.807) is 0 Å². The van der Waals surface area contributed by atoms with Crippen molar-refractivity contribution in [3.05, 3.63) is 64.7 Å². The highest BCUT2D eigenvalue weighted by Gasteiger charge is 2.06. The first-order chi connectivity index (χ1) is 10.4. The van der Waals surface area contributed by atoms with Gasteiger partial charge in [0, 0.05) is 24.7 Å². The highest BCUT2D eigenvalue weighted by atomic mass is 16.2. The van der Waals surface area contributed by atoms with Gasteiger partial charge in [0.2, 0.25) is 5.91 Å². The summed E-state index contributed by atoms with van der Waals surface area (Å²) in [5, 5.41) is 5.61. The molecule has 0 aliphatic carbocycles. The van der Waals surface area contributed by atoms with Crippen LogP contribution in [0, 0.1) is 13.8 Å². The molecule has 4 nitrogen and oxygen atoms in total. The molecule has 2 aromatic rings. The molecule has 0 saturated carbocycles. The van der Waals surface area contributed by atoms with Gasteiger partial charge in [0.1, 0.15) is 0 Å². The molecule has 0 atom stereocenters. The topological polar surface area (TPSA) is 58.2 Å². The van der Waals surface area contributed by atoms with Crippen molar-refractivity contribution in [1.29, 1.82) is 0 Å². The number of benzene rings is 2. The first-order valence-corrected chi connectivity index (χ1v) is 7.17. The molecule has 0 fully saturated rings. The van der Waals surface area contributed by atoms with Crippen LogP contribution in [0.15, 0.2) is 42.5 Å². The average Bonchev–Trinajstić information content (AvgIpc) is 2.44. The van der Waals surface area contributed by atoms with E-state index in [2.05, 4.69) is 10.6 Å². The summed E-state index contributed by atoms with van der Waals surface area (Å²) in [4.78, 5) is 23.1. The number of carbonyl (C=O) groups is 2. The van der Waals surface area contributed by atoms with Gasteiger partial charge in [0.25, 0.3) is 5.91 Å². The quantitative estimate of drug-likeness (QED) is 0.910. The van der Waals surface area contributed by atoms with Gasteiger partial charge in [-0.3, -0.25) is 9.59 Å². The molecule has 0 aromatic heterocycles. The Morgan fingerprint density at radius 3 is 2.09 bits per heavy atom. The van der Waals surface area contributed by atoms with Crippen LogP contribution in [0.25, 0.3) is 0 Å². The maximum atomic E-state index is 12.2. The van der Waals surface area contributed by atoms with Crippen molar-refractivity contribution < 1.29 is 9.59 Å². The second-order valence-corrected chi connectivity index (χ2v) is 5.44. The predicted molar refractivity (Wildman–Crippen MR) is 87.8 cm³/mol. The zero-order chi connectivity index (χ0) is 16.1. The number of hydrogen-bond donors (Lipinski definition) is 2. The van der Waals surface area contributed by atoms with Crippen molar-refractivity contribution in [2.24, 2.45) is 0 Å². The minimum absolute atomic E-state index is 0.0854. The molecule has 0 heterocycles. The van der Waals surface area contributed by atoms with Crippen LogP contribution < -0.4 is 10.6 Å². The number of aryl methyl sites for hydroxylation is 2. The Balaban J connectivity index is 1.97. The van der Waals surface area contributed by atoms with E-state index in [0.717, 1.165) is 22.4 Å². The van der Waals surface area contributed by atoms with E-state index in [1.807, 2.05) is 56.3 Å². The van der Waals surface area contributed by atoms with E-state index in [-0.39, 0.29) is 11.8 Å². The van der Waals surface area contributed by atoms with Crippen LogP contribution in [0.3, 0.4) is 0 Å². The fourth-order valence-electron chi connectivity index (χ4n) is 2.30. The van der Waals surface area contributed by atoms with Crippen molar-refractivity contribution in [2.75, 3.05) is 5.32 Å². The van der Waals surface area contributed by atoms with Crippen molar-refractivity contribution >= 4 is 17.5 Å². The summed E-state index contributed by atoms with van der Waals surface area (Å²) in [7, 11) is 0. The summed E-state index contributed by atoms with van der Waals surface area (Å²) in [5.41, 5.74) is 4.55. The molecule has 114 valence electrons. The lowest BCUT2D eigenvalue weighted by molar-refractivity contribution is -0.114. The number of hydrogen-bond acceptors (Lipinski definition) is 2. The smallest absolute Gasteiger partial charge is 0.251 e. The fourth-order valence-corrected chi connectivity index (χ4v) is 2.30. The van der Waals surface area contributed by atoms with Gasteiger partial charge in [0.05, 0.1) is 0 Å². The molecule has 0 aliphatic rings. The van der Waals surface area contributed by atoms with Crippen LogP contribution in [0.5, 0.6) is 0 Å². The number of carbonyl (C=O) groups excluding carboxylic acids is 2. The molecule has 0 saturated heterocycles. The fraction of sp³-hybridized carbons (Fsp3) is 0.222. The minimum atomic E-state index is -0.101. The number of amides is 2. The van der Waals surface area contributed by atoms with E-state index in [1.165, 1.54) is 6.92 Å². The largest absolute Gasteiger partial charge is 0.348 e. The van der Waals surface area contributed by atoms with E-state index in [9.17, 15) is 9.59 Å². The average molecular weight is 296 g/mol. The Kier molecular flexibility index (Phi) is 4.94. The molecule has 2 aromatic carbocycles. The van der Waals surface area contributed by atoms with Crippen LogP contribution in [0.1, 0.15) is 34.0 Å². The van der Waals surface area contributed by atoms with Crippen LogP contribution in [0.2, 0.25) is 0 Å². The van der Waals surface area contributed by atoms with Crippen LogP contribution in [-0.2, 0) is 11.3 Å². The second kappa shape index (κ2) is 6.89. The molecule has 0 radical (unpaired) electrons. The lowest BCUT2D eigenvalue weighted by atomic mass is 10.1. The first-order valence-electron chi connectivity index (χ1n) is 7.17. The van der Waals surface area contributed by atoms with Gasteiger partial charge in [0.15, 0.2) is 0 Å². The summed E-state index contributed by atoms with van der Waals surface area (Å²) in [6, 6.07) is 13.2. The second-order valence-electron chi connectivity index (χ2n) is 5.44. The molecular formula is C18H20N2O2. The highest BCUT2D eigenvalue weighted by molar-refractivity contribution is 5.94. The Bertz CT molecular complexity index is 670. The van der Waals surface area contributed by atoms with E-state index >= 15 is 0 Å². The van der Waals surface area contributed by atoms with Crippen molar-refractivity contribution in [1.82, 2.24) is 5.32 Å². The lowest BCUT2D eigenvalue weighted by Crippen LogP contribution is -2.23. The Labute approximate surface area is 130 Å². The molecule has 2 rings (SSSR count). The molecule has 0 unspecified atom stereocenters. The van der Waals surface area contributed by atoms with Gasteiger partial charge in [-0.25, -0.2) is 0 Å². The van der Waals surface area contributed by atoms with Gasteiger partial charge in [-0.2, -0.15) is 0 Å². The van der Waals surface area contributed by atoms with Crippen LogP contribution in [-0.4, -0.2) is 11.8 Å².